The minimum atomic E-state index is -1.00. The maximum atomic E-state index is 15.1. The van der Waals surface area contributed by atoms with Gasteiger partial charge in [0.15, 0.2) is 0 Å². The minimum Gasteiger partial charge on any atom is -0.478 e. The molecule has 2 aromatic heterocycles. The molecule has 0 saturated carbocycles. The summed E-state index contributed by atoms with van der Waals surface area (Å²) in [4.78, 5) is 44.4. The van der Waals surface area contributed by atoms with Crippen molar-refractivity contribution in [3.05, 3.63) is 74.6 Å². The lowest BCUT2D eigenvalue weighted by Crippen LogP contribution is -2.46. The first kappa shape index (κ1) is 24.7. The monoisotopic (exact) mass is 508 g/mol. The smallest absolute Gasteiger partial charge is 0.280 e. The van der Waals surface area contributed by atoms with Gasteiger partial charge in [0.25, 0.3) is 11.5 Å². The molecule has 10 heteroatoms. The second-order valence-corrected chi connectivity index (χ2v) is 10.1. The lowest BCUT2D eigenvalue weighted by molar-refractivity contribution is -0.139. The number of fused-ring (bicyclic) bond motifs is 2. The van der Waals surface area contributed by atoms with E-state index in [0.717, 1.165) is 18.4 Å². The molecule has 1 aliphatic carbocycles. The molecule has 0 spiro atoms. The predicted molar refractivity (Wildman–Crippen MR) is 133 cm³/mol. The molecule has 1 atom stereocenters. The van der Waals surface area contributed by atoms with Crippen molar-refractivity contribution in [2.45, 2.75) is 57.9 Å². The van der Waals surface area contributed by atoms with Crippen LogP contribution in [-0.4, -0.2) is 40.0 Å². The molecular formula is C27H29FN4O5. The number of nitrogens with zero attached hydrogens (tertiary/aromatic N) is 2. The molecule has 5 rings (SSSR count). The van der Waals surface area contributed by atoms with Crippen LogP contribution in [0.3, 0.4) is 0 Å². The van der Waals surface area contributed by atoms with E-state index >= 15 is 4.39 Å². The lowest BCUT2D eigenvalue weighted by atomic mass is 9.86. The Morgan fingerprint density at radius 1 is 1.27 bits per heavy atom. The number of aromatic amines is 1. The first-order valence-electron chi connectivity index (χ1n) is 12.4. The highest BCUT2D eigenvalue weighted by molar-refractivity contribution is 5.98. The number of rotatable bonds is 6. The van der Waals surface area contributed by atoms with Crippen LogP contribution in [0.2, 0.25) is 0 Å². The first-order chi connectivity index (χ1) is 17.7. The number of H-pyrrole nitrogens is 1. The average molecular weight is 509 g/mol. The molecule has 37 heavy (non-hydrogen) atoms. The summed E-state index contributed by atoms with van der Waals surface area (Å²) in [5, 5.41) is 5.00. The molecule has 1 aliphatic heterocycles. The van der Waals surface area contributed by atoms with Crippen LogP contribution in [0.25, 0.3) is 0 Å². The Morgan fingerprint density at radius 3 is 2.81 bits per heavy atom. The molecule has 0 unspecified atom stereocenters. The van der Waals surface area contributed by atoms with Gasteiger partial charge >= 0.3 is 0 Å². The largest absolute Gasteiger partial charge is 0.478 e. The number of carbonyl (C=O) groups is 2. The van der Waals surface area contributed by atoms with E-state index in [1.165, 1.54) is 17.0 Å². The fourth-order valence-corrected chi connectivity index (χ4v) is 5.38. The van der Waals surface area contributed by atoms with Gasteiger partial charge in [0, 0.05) is 36.3 Å². The maximum absolute atomic E-state index is 15.1. The van der Waals surface area contributed by atoms with Gasteiger partial charge in [-0.2, -0.15) is 5.16 Å². The number of pyridine rings is 1. The number of amides is 2. The molecule has 0 bridgehead atoms. The Hall–Kier alpha value is -3.95. The van der Waals surface area contributed by atoms with Gasteiger partial charge in [0.05, 0.1) is 18.7 Å². The number of nitrogens with one attached hydrogen (secondary N) is 2. The fourth-order valence-electron chi connectivity index (χ4n) is 5.38. The third-order valence-corrected chi connectivity index (χ3v) is 7.08. The zero-order valence-electron chi connectivity index (χ0n) is 21.0. The van der Waals surface area contributed by atoms with E-state index in [4.69, 9.17) is 9.26 Å². The van der Waals surface area contributed by atoms with Gasteiger partial charge in [0.2, 0.25) is 11.8 Å². The summed E-state index contributed by atoms with van der Waals surface area (Å²) in [6.07, 6.45) is 1.79. The summed E-state index contributed by atoms with van der Waals surface area (Å²) < 4.78 is 25.6. The van der Waals surface area contributed by atoms with Crippen molar-refractivity contribution in [1.82, 2.24) is 15.0 Å². The minimum absolute atomic E-state index is 0.174. The van der Waals surface area contributed by atoms with Gasteiger partial charge in [-0.3, -0.25) is 14.4 Å². The third-order valence-electron chi connectivity index (χ3n) is 7.08. The first-order valence-corrected chi connectivity index (χ1v) is 12.4. The van der Waals surface area contributed by atoms with E-state index in [1.54, 1.807) is 12.1 Å². The van der Waals surface area contributed by atoms with E-state index in [9.17, 15) is 14.4 Å². The lowest BCUT2D eigenvalue weighted by Gasteiger charge is -2.36. The maximum Gasteiger partial charge on any atom is 0.280 e. The summed E-state index contributed by atoms with van der Waals surface area (Å²) in [7, 11) is 0. The van der Waals surface area contributed by atoms with Gasteiger partial charge in [-0.05, 0) is 54.5 Å². The van der Waals surface area contributed by atoms with Crippen molar-refractivity contribution < 1.29 is 23.2 Å². The van der Waals surface area contributed by atoms with Crippen LogP contribution < -0.4 is 15.6 Å². The van der Waals surface area contributed by atoms with Gasteiger partial charge in [-0.25, -0.2) is 9.37 Å². The Kier molecular flexibility index (Phi) is 6.35. The van der Waals surface area contributed by atoms with E-state index < -0.39 is 17.5 Å². The highest BCUT2D eigenvalue weighted by Crippen LogP contribution is 2.41. The van der Waals surface area contributed by atoms with Crippen molar-refractivity contribution in [3.8, 4) is 5.88 Å². The van der Waals surface area contributed by atoms with Gasteiger partial charge in [-0.15, -0.1) is 0 Å². The van der Waals surface area contributed by atoms with Gasteiger partial charge < -0.3 is 19.5 Å². The van der Waals surface area contributed by atoms with Crippen LogP contribution in [0.1, 0.15) is 61.4 Å². The molecule has 2 N–H and O–H groups in total. The van der Waals surface area contributed by atoms with Crippen LogP contribution >= 0.6 is 0 Å². The van der Waals surface area contributed by atoms with Crippen LogP contribution in [0, 0.1) is 5.82 Å². The van der Waals surface area contributed by atoms with Crippen molar-refractivity contribution in [2.24, 2.45) is 0 Å². The molecule has 2 amide bonds. The number of anilines is 1. The van der Waals surface area contributed by atoms with Crippen molar-refractivity contribution in [2.75, 3.05) is 18.5 Å². The standard InChI is InChI=1S/C27H29FN4O5/c1-4-36-22-6-5-18-20(30-22)8-10-32(23(34)14-17-13-21(33)31-37-17)25(18)26(35)29-16-11-15-7-9-27(2,3)24(15)19(28)12-16/h5-6,11-13,25H,4,7-10,14H2,1-3H3,(H,29,35)(H,31,33)/t25-/m1/s1. The average Bonchev–Trinajstić information content (AvgIpc) is 3.39. The van der Waals surface area contributed by atoms with Crippen LogP contribution in [0.5, 0.6) is 5.88 Å². The molecule has 0 fully saturated rings. The molecule has 2 aliphatic rings. The second-order valence-electron chi connectivity index (χ2n) is 10.1. The number of carbonyl (C=O) groups excluding carboxylic acids is 2. The van der Waals surface area contributed by atoms with E-state index in [0.29, 0.717) is 41.4 Å². The molecule has 3 aromatic rings. The highest BCUT2D eigenvalue weighted by Gasteiger charge is 2.38. The van der Waals surface area contributed by atoms with Gasteiger partial charge in [-0.1, -0.05) is 13.8 Å². The number of benzene rings is 1. The van der Waals surface area contributed by atoms with E-state index in [-0.39, 0.29) is 35.9 Å². The Balaban J connectivity index is 1.47. The summed E-state index contributed by atoms with van der Waals surface area (Å²) >= 11 is 0. The molecule has 1 aromatic carbocycles. The van der Waals surface area contributed by atoms with Crippen molar-refractivity contribution in [1.29, 1.82) is 0 Å². The number of hydrogen-bond donors (Lipinski definition) is 2. The highest BCUT2D eigenvalue weighted by atomic mass is 19.1. The SMILES string of the molecule is CCOc1ccc2c(n1)CCN(C(=O)Cc1cc(=O)[nH]o1)[C@H]2C(=O)Nc1cc(F)c2c(c1)CCC2(C)C. The molecule has 0 saturated heterocycles. The number of hydrogen-bond acceptors (Lipinski definition) is 6. The fraction of sp³-hybridized carbons (Fsp3) is 0.407. The number of aromatic nitrogens is 2. The Morgan fingerprint density at radius 2 is 2.08 bits per heavy atom. The number of ether oxygens (including phenoxy) is 1. The quantitative estimate of drug-likeness (QED) is 0.527. The normalized spacial score (nSPS) is 17.7. The molecule has 3 heterocycles. The van der Waals surface area contributed by atoms with Gasteiger partial charge in [0.1, 0.15) is 17.6 Å². The Bertz CT molecular complexity index is 1430. The van der Waals surface area contributed by atoms with Crippen molar-refractivity contribution >= 4 is 17.5 Å². The summed E-state index contributed by atoms with van der Waals surface area (Å²) in [5.74, 6) is -0.597. The third kappa shape index (κ3) is 4.75. The van der Waals surface area contributed by atoms with Crippen LogP contribution in [0.4, 0.5) is 10.1 Å². The van der Waals surface area contributed by atoms with Crippen LogP contribution in [0.15, 0.2) is 39.6 Å². The zero-order chi connectivity index (χ0) is 26.3. The second kappa shape index (κ2) is 9.49. The number of halogens is 1. The predicted octanol–water partition coefficient (Wildman–Crippen LogP) is 3.43. The number of aryl methyl sites for hydroxylation is 1. The molecule has 194 valence electrons. The molecule has 0 radical (unpaired) electrons. The summed E-state index contributed by atoms with van der Waals surface area (Å²) in [6.45, 7) is 6.56. The zero-order valence-corrected chi connectivity index (χ0v) is 21.0. The van der Waals surface area contributed by atoms with E-state index in [2.05, 4.69) is 15.5 Å². The summed E-state index contributed by atoms with van der Waals surface area (Å²) in [6, 6.07) is 6.75. The topological polar surface area (TPSA) is 118 Å². The van der Waals surface area contributed by atoms with Crippen molar-refractivity contribution in [3.63, 3.8) is 0 Å². The van der Waals surface area contributed by atoms with E-state index in [1.807, 2.05) is 26.8 Å². The molecule has 9 nitrogen and oxygen atoms in total. The molecular weight excluding hydrogens is 479 g/mol. The van der Waals surface area contributed by atoms with Crippen LogP contribution in [-0.2, 0) is 34.3 Å². The summed E-state index contributed by atoms with van der Waals surface area (Å²) in [5.41, 5.74) is 2.42. The Labute approximate surface area is 213 Å².